The van der Waals surface area contributed by atoms with Gasteiger partial charge in [-0.05, 0) is 88.2 Å². The fourth-order valence-corrected chi connectivity index (χ4v) is 5.38. The van der Waals surface area contributed by atoms with Crippen LogP contribution in [0.2, 0.25) is 0 Å². The lowest BCUT2D eigenvalue weighted by Gasteiger charge is -2.33. The number of aryl methyl sites for hydroxylation is 2. The molecule has 0 radical (unpaired) electrons. The predicted octanol–water partition coefficient (Wildman–Crippen LogP) is 5.23. The van der Waals surface area contributed by atoms with Crippen LogP contribution in [0.25, 0.3) is 0 Å². The van der Waals surface area contributed by atoms with Crippen molar-refractivity contribution in [1.82, 2.24) is 19.6 Å². The van der Waals surface area contributed by atoms with E-state index in [9.17, 15) is 4.79 Å². The van der Waals surface area contributed by atoms with Crippen LogP contribution in [-0.2, 0) is 13.6 Å². The molecule has 7 nitrogen and oxygen atoms in total. The number of allylic oxidation sites excluding steroid dienone is 1. The Kier molecular flexibility index (Phi) is 8.72. The second-order valence-corrected chi connectivity index (χ2v) is 10.9. The lowest BCUT2D eigenvalue weighted by atomic mass is 9.92. The van der Waals surface area contributed by atoms with Crippen LogP contribution in [0, 0.1) is 18.8 Å². The molecule has 0 atom stereocenters. The summed E-state index contributed by atoms with van der Waals surface area (Å²) in [5.74, 6) is 3.41. The summed E-state index contributed by atoms with van der Waals surface area (Å²) < 4.78 is 7.94. The monoisotopic (exact) mass is 493 g/mol. The molecule has 1 aromatic carbocycles. The average Bonchev–Trinajstić information content (AvgIpc) is 3.08. The van der Waals surface area contributed by atoms with Crippen molar-refractivity contribution in [2.24, 2.45) is 18.9 Å². The molecule has 196 valence electrons. The Morgan fingerprint density at radius 1 is 1.25 bits per heavy atom. The zero-order valence-corrected chi connectivity index (χ0v) is 22.7. The van der Waals surface area contributed by atoms with E-state index >= 15 is 0 Å². The highest BCUT2D eigenvalue weighted by atomic mass is 16.5. The molecule has 1 amide bonds. The second-order valence-electron chi connectivity index (χ2n) is 10.9. The normalized spacial score (nSPS) is 18.3. The third-order valence-electron chi connectivity index (χ3n) is 7.42. The molecule has 36 heavy (non-hydrogen) atoms. The summed E-state index contributed by atoms with van der Waals surface area (Å²) in [5.41, 5.74) is 3.71. The van der Waals surface area contributed by atoms with Gasteiger partial charge in [0.25, 0.3) is 5.91 Å². The molecule has 2 aliphatic heterocycles. The van der Waals surface area contributed by atoms with E-state index in [1.165, 1.54) is 38.9 Å². The highest BCUT2D eigenvalue weighted by Gasteiger charge is 2.25. The van der Waals surface area contributed by atoms with Gasteiger partial charge in [-0.1, -0.05) is 19.9 Å². The van der Waals surface area contributed by atoms with E-state index in [2.05, 4.69) is 29.2 Å². The topological polar surface area (TPSA) is 62.6 Å². The molecule has 1 saturated heterocycles. The van der Waals surface area contributed by atoms with Gasteiger partial charge in [-0.2, -0.15) is 5.10 Å². The maximum Gasteiger partial charge on any atom is 0.254 e. The fourth-order valence-electron chi connectivity index (χ4n) is 5.38. The largest absolute Gasteiger partial charge is 0.493 e. The van der Waals surface area contributed by atoms with Crippen molar-refractivity contribution in [1.29, 1.82) is 0 Å². The predicted molar refractivity (Wildman–Crippen MR) is 145 cm³/mol. The van der Waals surface area contributed by atoms with Crippen LogP contribution in [0.1, 0.15) is 67.9 Å². The SMILES string of the molecule is C/C=C1\CN(C(=O)c2ccc(OCCCC3CCN(CC(C)C)CC3)c(C)c2)Cc2cnn(C)c2N1. The molecule has 3 heterocycles. The minimum atomic E-state index is 0.0197. The standard InChI is InChI=1S/C29H43N5O2/c1-6-26-20-34(19-25-17-30-32(5)28(25)31-26)29(35)24-9-10-27(22(4)16-24)36-15-7-8-23-11-13-33(14-12-23)18-21(2)3/h6,9-10,16-17,21,23,31H,7-8,11-15,18-20H2,1-5H3/b26-6+. The minimum Gasteiger partial charge on any atom is -0.493 e. The number of hydrogen-bond acceptors (Lipinski definition) is 5. The van der Waals surface area contributed by atoms with Gasteiger partial charge in [0.2, 0.25) is 0 Å². The number of piperidine rings is 1. The summed E-state index contributed by atoms with van der Waals surface area (Å²) in [6, 6.07) is 5.81. The number of fused-ring (bicyclic) bond motifs is 1. The summed E-state index contributed by atoms with van der Waals surface area (Å²) in [5, 5.41) is 7.77. The summed E-state index contributed by atoms with van der Waals surface area (Å²) in [6.07, 6.45) is 8.78. The summed E-state index contributed by atoms with van der Waals surface area (Å²) >= 11 is 0. The van der Waals surface area contributed by atoms with E-state index in [0.717, 1.165) is 53.3 Å². The molecule has 1 aromatic heterocycles. The van der Waals surface area contributed by atoms with E-state index < -0.39 is 0 Å². The molecule has 0 aliphatic carbocycles. The van der Waals surface area contributed by atoms with Gasteiger partial charge in [0.05, 0.1) is 25.9 Å². The number of likely N-dealkylation sites (tertiary alicyclic amines) is 1. The molecule has 4 rings (SSSR count). The molecule has 1 fully saturated rings. The van der Waals surface area contributed by atoms with Crippen LogP contribution in [0.4, 0.5) is 5.82 Å². The number of amides is 1. The molecule has 2 aliphatic rings. The van der Waals surface area contributed by atoms with Crippen LogP contribution < -0.4 is 10.1 Å². The highest BCUT2D eigenvalue weighted by Crippen LogP contribution is 2.27. The van der Waals surface area contributed by atoms with Gasteiger partial charge < -0.3 is 19.9 Å². The molecular weight excluding hydrogens is 450 g/mol. The summed E-state index contributed by atoms with van der Waals surface area (Å²) in [4.78, 5) is 17.9. The van der Waals surface area contributed by atoms with Gasteiger partial charge in [0.15, 0.2) is 0 Å². The molecule has 0 unspecified atom stereocenters. The van der Waals surface area contributed by atoms with Crippen LogP contribution >= 0.6 is 0 Å². The third-order valence-corrected chi connectivity index (χ3v) is 7.42. The number of carbonyl (C=O) groups excluding carboxylic acids is 1. The first-order chi connectivity index (χ1) is 17.3. The number of aromatic nitrogens is 2. The Morgan fingerprint density at radius 3 is 2.72 bits per heavy atom. The summed E-state index contributed by atoms with van der Waals surface area (Å²) in [7, 11) is 1.91. The third kappa shape index (κ3) is 6.49. The van der Waals surface area contributed by atoms with Gasteiger partial charge >= 0.3 is 0 Å². The molecule has 2 aromatic rings. The zero-order valence-electron chi connectivity index (χ0n) is 22.7. The van der Waals surface area contributed by atoms with Crippen LogP contribution in [-0.4, -0.2) is 58.3 Å². The van der Waals surface area contributed by atoms with Crippen molar-refractivity contribution in [2.75, 3.05) is 38.1 Å². The first-order valence-corrected chi connectivity index (χ1v) is 13.5. The number of rotatable bonds is 8. The Labute approximate surface area is 216 Å². The van der Waals surface area contributed by atoms with Gasteiger partial charge in [-0.3, -0.25) is 9.48 Å². The Bertz CT molecular complexity index is 1070. The Balaban J connectivity index is 1.28. The molecule has 7 heteroatoms. The van der Waals surface area contributed by atoms with Crippen molar-refractivity contribution in [3.05, 3.63) is 52.9 Å². The molecule has 0 saturated carbocycles. The number of hydrogen-bond donors (Lipinski definition) is 1. The van der Waals surface area contributed by atoms with Crippen LogP contribution in [0.3, 0.4) is 0 Å². The van der Waals surface area contributed by atoms with Crippen molar-refractivity contribution >= 4 is 11.7 Å². The van der Waals surface area contributed by atoms with Crippen molar-refractivity contribution in [3.63, 3.8) is 0 Å². The first-order valence-electron chi connectivity index (χ1n) is 13.5. The molecular formula is C29H43N5O2. The van der Waals surface area contributed by atoms with Gasteiger partial charge in [0, 0.05) is 30.4 Å². The van der Waals surface area contributed by atoms with E-state index in [-0.39, 0.29) is 5.91 Å². The van der Waals surface area contributed by atoms with E-state index in [4.69, 9.17) is 4.74 Å². The Morgan fingerprint density at radius 2 is 2.03 bits per heavy atom. The van der Waals surface area contributed by atoms with Gasteiger partial charge in [-0.15, -0.1) is 0 Å². The lowest BCUT2D eigenvalue weighted by Crippen LogP contribution is -2.36. The van der Waals surface area contributed by atoms with Gasteiger partial charge in [-0.25, -0.2) is 0 Å². The minimum absolute atomic E-state index is 0.0197. The van der Waals surface area contributed by atoms with Crippen LogP contribution in [0.5, 0.6) is 5.75 Å². The maximum atomic E-state index is 13.4. The number of ether oxygens (including phenoxy) is 1. The number of nitrogens with zero attached hydrogens (tertiary/aromatic N) is 4. The fraction of sp³-hybridized carbons (Fsp3) is 0.586. The average molecular weight is 494 g/mol. The van der Waals surface area contributed by atoms with Crippen LogP contribution in [0.15, 0.2) is 36.2 Å². The van der Waals surface area contributed by atoms with Crippen molar-refractivity contribution < 1.29 is 9.53 Å². The number of nitrogens with one attached hydrogen (secondary N) is 1. The molecule has 0 spiro atoms. The van der Waals surface area contributed by atoms with E-state index in [1.807, 2.05) is 60.9 Å². The number of anilines is 1. The first kappa shape index (κ1) is 26.3. The zero-order chi connectivity index (χ0) is 25.7. The maximum absolute atomic E-state index is 13.4. The number of benzene rings is 1. The smallest absolute Gasteiger partial charge is 0.254 e. The summed E-state index contributed by atoms with van der Waals surface area (Å²) in [6.45, 7) is 14.1. The molecule has 0 bridgehead atoms. The molecule has 1 N–H and O–H groups in total. The number of carbonyl (C=O) groups is 1. The van der Waals surface area contributed by atoms with Crippen molar-refractivity contribution in [3.8, 4) is 5.75 Å². The van der Waals surface area contributed by atoms with Gasteiger partial charge in [0.1, 0.15) is 11.6 Å². The lowest BCUT2D eigenvalue weighted by molar-refractivity contribution is 0.0761. The quantitative estimate of drug-likeness (QED) is 0.511. The van der Waals surface area contributed by atoms with Crippen molar-refractivity contribution in [2.45, 2.75) is 59.9 Å². The second kappa shape index (κ2) is 12.0. The highest BCUT2D eigenvalue weighted by molar-refractivity contribution is 5.95. The van der Waals surface area contributed by atoms with E-state index in [0.29, 0.717) is 18.7 Å². The van der Waals surface area contributed by atoms with E-state index in [1.54, 1.807) is 0 Å². The Hall–Kier alpha value is -2.80.